The lowest BCUT2D eigenvalue weighted by molar-refractivity contribution is 0.0735. The van der Waals surface area contributed by atoms with Gasteiger partial charge < -0.3 is 4.90 Å². The molecule has 0 aliphatic carbocycles. The maximum Gasteiger partial charge on any atom is 0.254 e. The van der Waals surface area contributed by atoms with Gasteiger partial charge in [-0.15, -0.1) is 0 Å². The molecule has 0 spiro atoms. The lowest BCUT2D eigenvalue weighted by Gasteiger charge is -2.25. The van der Waals surface area contributed by atoms with Gasteiger partial charge in [0, 0.05) is 18.3 Å². The van der Waals surface area contributed by atoms with Gasteiger partial charge in [-0.1, -0.05) is 35.9 Å². The van der Waals surface area contributed by atoms with Crippen LogP contribution in [-0.2, 0) is 0 Å². The number of pyridine rings is 1. The number of carbonyl (C=O) groups excluding carboxylic acids is 1. The van der Waals surface area contributed by atoms with E-state index in [4.69, 9.17) is 11.6 Å². The molecule has 0 saturated carbocycles. The number of likely N-dealkylation sites (tertiary alicyclic amines) is 1. The molecule has 2 aromatic rings. The second-order valence-corrected chi connectivity index (χ2v) is 5.32. The molecule has 0 radical (unpaired) electrons. The van der Waals surface area contributed by atoms with Crippen LogP contribution in [0.5, 0.6) is 0 Å². The van der Waals surface area contributed by atoms with E-state index in [0.29, 0.717) is 5.15 Å². The molecule has 2 heterocycles. The summed E-state index contributed by atoms with van der Waals surface area (Å²) in [7, 11) is 0. The first kappa shape index (κ1) is 13.1. The van der Waals surface area contributed by atoms with E-state index in [1.165, 1.54) is 0 Å². The standard InChI is InChI=1S/C16H15ClN2O/c17-15-9-8-13(11-18-15)14-7-4-10-19(14)16(20)12-5-2-1-3-6-12/h1-3,5-6,8-9,11,14H,4,7,10H2/t14-/m0/s1. The van der Waals surface area contributed by atoms with Crippen molar-refractivity contribution < 1.29 is 4.79 Å². The fourth-order valence-corrected chi connectivity index (χ4v) is 2.80. The van der Waals surface area contributed by atoms with E-state index < -0.39 is 0 Å². The predicted molar refractivity (Wildman–Crippen MR) is 78.7 cm³/mol. The summed E-state index contributed by atoms with van der Waals surface area (Å²) in [6, 6.07) is 13.3. The molecule has 1 amide bonds. The van der Waals surface area contributed by atoms with Gasteiger partial charge in [0.1, 0.15) is 5.15 Å². The first-order valence-corrected chi connectivity index (χ1v) is 7.11. The van der Waals surface area contributed by atoms with Gasteiger partial charge in [0.25, 0.3) is 5.91 Å². The third kappa shape index (κ3) is 2.54. The number of rotatable bonds is 2. The predicted octanol–water partition coefficient (Wildman–Crippen LogP) is 3.71. The molecule has 0 N–H and O–H groups in total. The van der Waals surface area contributed by atoms with E-state index in [-0.39, 0.29) is 11.9 Å². The highest BCUT2D eigenvalue weighted by Crippen LogP contribution is 2.33. The normalized spacial score (nSPS) is 18.2. The maximum absolute atomic E-state index is 12.6. The molecule has 102 valence electrons. The topological polar surface area (TPSA) is 33.2 Å². The van der Waals surface area contributed by atoms with Gasteiger partial charge in [-0.05, 0) is 36.6 Å². The van der Waals surface area contributed by atoms with Crippen molar-refractivity contribution in [3.8, 4) is 0 Å². The van der Waals surface area contributed by atoms with Crippen LogP contribution in [0.3, 0.4) is 0 Å². The third-order valence-corrected chi connectivity index (χ3v) is 3.89. The zero-order chi connectivity index (χ0) is 13.9. The summed E-state index contributed by atoms with van der Waals surface area (Å²) < 4.78 is 0. The van der Waals surface area contributed by atoms with Crippen molar-refractivity contribution in [1.82, 2.24) is 9.88 Å². The lowest BCUT2D eigenvalue weighted by atomic mass is 10.1. The average molecular weight is 287 g/mol. The first-order valence-electron chi connectivity index (χ1n) is 6.73. The number of halogens is 1. The fourth-order valence-electron chi connectivity index (χ4n) is 2.69. The molecule has 1 aromatic heterocycles. The summed E-state index contributed by atoms with van der Waals surface area (Å²) in [6.45, 7) is 0.793. The number of amides is 1. The highest BCUT2D eigenvalue weighted by Gasteiger charge is 2.30. The number of carbonyl (C=O) groups is 1. The fraction of sp³-hybridized carbons (Fsp3) is 0.250. The average Bonchev–Trinajstić information content (AvgIpc) is 2.97. The molecule has 1 fully saturated rings. The minimum absolute atomic E-state index is 0.0862. The van der Waals surface area contributed by atoms with Crippen molar-refractivity contribution >= 4 is 17.5 Å². The Morgan fingerprint density at radius 3 is 2.70 bits per heavy atom. The lowest BCUT2D eigenvalue weighted by Crippen LogP contribution is -2.30. The Morgan fingerprint density at radius 2 is 2.00 bits per heavy atom. The second-order valence-electron chi connectivity index (χ2n) is 4.94. The van der Waals surface area contributed by atoms with Crippen LogP contribution >= 0.6 is 11.6 Å². The quantitative estimate of drug-likeness (QED) is 0.789. The van der Waals surface area contributed by atoms with Gasteiger partial charge in [0.2, 0.25) is 0 Å². The zero-order valence-electron chi connectivity index (χ0n) is 11.0. The molecule has 3 nitrogen and oxygen atoms in total. The van der Waals surface area contributed by atoms with Crippen molar-refractivity contribution in [3.63, 3.8) is 0 Å². The smallest absolute Gasteiger partial charge is 0.254 e. The molecular weight excluding hydrogens is 272 g/mol. The van der Waals surface area contributed by atoms with E-state index in [9.17, 15) is 4.79 Å². The number of aromatic nitrogens is 1. The Hall–Kier alpha value is -1.87. The number of benzene rings is 1. The summed E-state index contributed by atoms with van der Waals surface area (Å²) in [5.74, 6) is 0.0862. The third-order valence-electron chi connectivity index (χ3n) is 3.67. The molecule has 1 aliphatic heterocycles. The summed E-state index contributed by atoms with van der Waals surface area (Å²) in [5.41, 5.74) is 1.79. The molecule has 4 heteroatoms. The van der Waals surface area contributed by atoms with Crippen LogP contribution < -0.4 is 0 Å². The first-order chi connectivity index (χ1) is 9.75. The Labute approximate surface area is 123 Å². The summed E-state index contributed by atoms with van der Waals surface area (Å²) in [4.78, 5) is 18.6. The molecular formula is C16H15ClN2O. The Balaban J connectivity index is 1.86. The Bertz CT molecular complexity index is 598. The van der Waals surface area contributed by atoms with E-state index in [2.05, 4.69) is 4.98 Å². The van der Waals surface area contributed by atoms with Crippen LogP contribution in [0.4, 0.5) is 0 Å². The van der Waals surface area contributed by atoms with Crippen LogP contribution in [-0.4, -0.2) is 22.3 Å². The molecule has 0 unspecified atom stereocenters. The summed E-state index contributed by atoms with van der Waals surface area (Å²) >= 11 is 5.82. The number of hydrogen-bond donors (Lipinski definition) is 0. The molecule has 1 aromatic carbocycles. The van der Waals surface area contributed by atoms with Crippen molar-refractivity contribution in [2.45, 2.75) is 18.9 Å². The van der Waals surface area contributed by atoms with Gasteiger partial charge in [0.15, 0.2) is 0 Å². The summed E-state index contributed by atoms with van der Waals surface area (Å²) in [6.07, 6.45) is 3.76. The molecule has 3 rings (SSSR count). The monoisotopic (exact) mass is 286 g/mol. The maximum atomic E-state index is 12.6. The highest BCUT2D eigenvalue weighted by atomic mass is 35.5. The number of nitrogens with zero attached hydrogens (tertiary/aromatic N) is 2. The van der Waals surface area contributed by atoms with Crippen molar-refractivity contribution in [1.29, 1.82) is 0 Å². The van der Waals surface area contributed by atoms with E-state index in [1.807, 2.05) is 41.3 Å². The number of hydrogen-bond acceptors (Lipinski definition) is 2. The summed E-state index contributed by atoms with van der Waals surface area (Å²) in [5, 5.41) is 0.479. The Morgan fingerprint density at radius 1 is 1.20 bits per heavy atom. The SMILES string of the molecule is O=C(c1ccccc1)N1CCC[C@H]1c1ccc(Cl)nc1. The van der Waals surface area contributed by atoms with E-state index in [0.717, 1.165) is 30.5 Å². The van der Waals surface area contributed by atoms with Crippen molar-refractivity contribution in [2.24, 2.45) is 0 Å². The van der Waals surface area contributed by atoms with Crippen LogP contribution in [0, 0.1) is 0 Å². The van der Waals surface area contributed by atoms with E-state index in [1.54, 1.807) is 12.3 Å². The molecule has 0 bridgehead atoms. The van der Waals surface area contributed by atoms with Crippen LogP contribution in [0.1, 0.15) is 34.8 Å². The molecule has 1 saturated heterocycles. The van der Waals surface area contributed by atoms with E-state index >= 15 is 0 Å². The molecule has 20 heavy (non-hydrogen) atoms. The Kier molecular flexibility index (Phi) is 3.70. The van der Waals surface area contributed by atoms with Gasteiger partial charge in [-0.2, -0.15) is 0 Å². The molecule has 1 atom stereocenters. The minimum Gasteiger partial charge on any atom is -0.332 e. The van der Waals surface area contributed by atoms with Crippen LogP contribution in [0.15, 0.2) is 48.7 Å². The van der Waals surface area contributed by atoms with Gasteiger partial charge in [-0.25, -0.2) is 4.98 Å². The highest BCUT2D eigenvalue weighted by molar-refractivity contribution is 6.29. The van der Waals surface area contributed by atoms with Gasteiger partial charge in [-0.3, -0.25) is 4.79 Å². The second kappa shape index (κ2) is 5.63. The van der Waals surface area contributed by atoms with Gasteiger partial charge >= 0.3 is 0 Å². The van der Waals surface area contributed by atoms with Crippen LogP contribution in [0.25, 0.3) is 0 Å². The largest absolute Gasteiger partial charge is 0.332 e. The molecule has 1 aliphatic rings. The van der Waals surface area contributed by atoms with Crippen LogP contribution in [0.2, 0.25) is 5.15 Å². The zero-order valence-corrected chi connectivity index (χ0v) is 11.8. The van der Waals surface area contributed by atoms with Gasteiger partial charge in [0.05, 0.1) is 6.04 Å². The minimum atomic E-state index is 0.0862. The van der Waals surface area contributed by atoms with Crippen molar-refractivity contribution in [2.75, 3.05) is 6.54 Å². The van der Waals surface area contributed by atoms with Crippen molar-refractivity contribution in [3.05, 3.63) is 64.9 Å².